The smallest absolute Gasteiger partial charge is 0.243 e. The maximum absolute atomic E-state index is 12.1. The average molecular weight is 358 g/mol. The fraction of sp³-hybridized carbons (Fsp3) is 0.385. The van der Waals surface area contributed by atoms with Gasteiger partial charge in [0.15, 0.2) is 0 Å². The summed E-state index contributed by atoms with van der Waals surface area (Å²) in [5.41, 5.74) is 0.741. The number of aryl methyl sites for hydroxylation is 1. The second-order valence-corrected chi connectivity index (χ2v) is 7.17. The Kier molecular flexibility index (Phi) is 4.95. The zero-order chi connectivity index (χ0) is 14.7. The van der Waals surface area contributed by atoms with Crippen LogP contribution in [0.1, 0.15) is 17.5 Å². The second-order valence-electron chi connectivity index (χ2n) is 4.62. The molecule has 0 aliphatic carbocycles. The minimum absolute atomic E-state index is 0.112. The van der Waals surface area contributed by atoms with Crippen LogP contribution in [0.25, 0.3) is 0 Å². The first kappa shape index (κ1) is 15.2. The van der Waals surface area contributed by atoms with Crippen LogP contribution in [0.3, 0.4) is 0 Å². The summed E-state index contributed by atoms with van der Waals surface area (Å²) in [5.74, 6) is 0.269. The first-order chi connectivity index (χ1) is 9.45. The highest BCUT2D eigenvalue weighted by Gasteiger charge is 2.20. The van der Waals surface area contributed by atoms with E-state index in [-0.39, 0.29) is 11.9 Å². The molecule has 5 nitrogen and oxygen atoms in total. The van der Waals surface area contributed by atoms with Gasteiger partial charge in [-0.15, -0.1) is 11.3 Å². The highest BCUT2D eigenvalue weighted by atomic mass is 79.9. The lowest BCUT2D eigenvalue weighted by Crippen LogP contribution is -2.38. The number of carbonyl (C=O) groups is 1. The van der Waals surface area contributed by atoms with Crippen LogP contribution in [-0.2, 0) is 11.3 Å². The summed E-state index contributed by atoms with van der Waals surface area (Å²) in [6.45, 7) is 4.39. The summed E-state index contributed by atoms with van der Waals surface area (Å²) < 4.78 is 6.07. The monoisotopic (exact) mass is 357 g/mol. The van der Waals surface area contributed by atoms with Gasteiger partial charge in [-0.3, -0.25) is 15.0 Å². The van der Waals surface area contributed by atoms with Crippen molar-refractivity contribution in [2.45, 2.75) is 26.4 Å². The molecule has 108 valence electrons. The van der Waals surface area contributed by atoms with Gasteiger partial charge in [0.2, 0.25) is 11.8 Å². The van der Waals surface area contributed by atoms with Crippen LogP contribution in [0.4, 0.5) is 5.88 Å². The van der Waals surface area contributed by atoms with Crippen LogP contribution >= 0.6 is 27.3 Å². The van der Waals surface area contributed by atoms with Gasteiger partial charge in [-0.2, -0.15) is 0 Å². The van der Waals surface area contributed by atoms with Crippen LogP contribution < -0.4 is 5.32 Å². The fourth-order valence-electron chi connectivity index (χ4n) is 1.67. The van der Waals surface area contributed by atoms with Crippen molar-refractivity contribution in [2.24, 2.45) is 0 Å². The number of halogens is 1. The number of anilines is 1. The normalized spacial score (nSPS) is 12.7. The van der Waals surface area contributed by atoms with Gasteiger partial charge in [0, 0.05) is 17.5 Å². The van der Waals surface area contributed by atoms with E-state index in [2.05, 4.69) is 32.5 Å². The molecule has 1 amide bonds. The average Bonchev–Trinajstić information content (AvgIpc) is 2.97. The first-order valence-electron chi connectivity index (χ1n) is 6.14. The molecule has 2 aromatic heterocycles. The van der Waals surface area contributed by atoms with Crippen molar-refractivity contribution in [3.8, 4) is 0 Å². The van der Waals surface area contributed by atoms with Crippen LogP contribution in [0.5, 0.6) is 0 Å². The lowest BCUT2D eigenvalue weighted by Gasteiger charge is -2.22. The molecule has 0 spiro atoms. The molecule has 7 heteroatoms. The topological polar surface area (TPSA) is 58.4 Å². The molecule has 0 fully saturated rings. The van der Waals surface area contributed by atoms with E-state index < -0.39 is 0 Å². The Morgan fingerprint density at radius 2 is 2.35 bits per heavy atom. The van der Waals surface area contributed by atoms with Gasteiger partial charge in [-0.1, -0.05) is 5.16 Å². The van der Waals surface area contributed by atoms with E-state index in [1.807, 2.05) is 31.9 Å². The Morgan fingerprint density at radius 1 is 1.60 bits per heavy atom. The number of hydrogen-bond acceptors (Lipinski definition) is 5. The SMILES string of the molecule is Cc1cc(NC(=O)C(C)N(C)Cc2ccc(Br)s2)on1. The molecule has 20 heavy (non-hydrogen) atoms. The Balaban J connectivity index is 1.92. The largest absolute Gasteiger partial charge is 0.338 e. The van der Waals surface area contributed by atoms with Crippen molar-refractivity contribution < 1.29 is 9.32 Å². The molecule has 2 aromatic rings. The van der Waals surface area contributed by atoms with Crippen molar-refractivity contribution >= 4 is 39.1 Å². The molecule has 2 rings (SSSR count). The van der Waals surface area contributed by atoms with E-state index in [0.29, 0.717) is 5.88 Å². The molecular weight excluding hydrogens is 342 g/mol. The van der Waals surface area contributed by atoms with E-state index in [1.54, 1.807) is 17.4 Å². The quantitative estimate of drug-likeness (QED) is 0.891. The van der Waals surface area contributed by atoms with Crippen molar-refractivity contribution in [2.75, 3.05) is 12.4 Å². The number of hydrogen-bond donors (Lipinski definition) is 1. The molecule has 1 N–H and O–H groups in total. The van der Waals surface area contributed by atoms with Crippen molar-refractivity contribution in [1.82, 2.24) is 10.1 Å². The molecule has 0 aliphatic heterocycles. The molecule has 1 atom stereocenters. The Bertz CT molecular complexity index is 596. The number of nitrogens with one attached hydrogen (secondary N) is 1. The van der Waals surface area contributed by atoms with Gasteiger partial charge in [0.05, 0.1) is 15.5 Å². The number of likely N-dealkylation sites (N-methyl/N-ethyl adjacent to an activating group) is 1. The summed E-state index contributed by atoms with van der Waals surface area (Å²) in [4.78, 5) is 15.3. The van der Waals surface area contributed by atoms with E-state index in [1.165, 1.54) is 4.88 Å². The molecule has 0 aromatic carbocycles. The summed E-state index contributed by atoms with van der Waals surface area (Å²) in [6.07, 6.45) is 0. The number of amides is 1. The highest BCUT2D eigenvalue weighted by Crippen LogP contribution is 2.23. The summed E-state index contributed by atoms with van der Waals surface area (Å²) >= 11 is 5.10. The molecule has 2 heterocycles. The molecule has 0 radical (unpaired) electrons. The van der Waals surface area contributed by atoms with Crippen LogP contribution in [0.15, 0.2) is 26.5 Å². The van der Waals surface area contributed by atoms with Crippen LogP contribution in [-0.4, -0.2) is 29.1 Å². The number of nitrogens with zero attached hydrogens (tertiary/aromatic N) is 2. The molecule has 0 aliphatic rings. The number of carbonyl (C=O) groups excluding carboxylic acids is 1. The zero-order valence-electron chi connectivity index (χ0n) is 11.5. The predicted octanol–water partition coefficient (Wildman–Crippen LogP) is 3.27. The maximum Gasteiger partial charge on any atom is 0.243 e. The van der Waals surface area contributed by atoms with Gasteiger partial charge in [-0.05, 0) is 49.0 Å². The van der Waals surface area contributed by atoms with Crippen molar-refractivity contribution in [1.29, 1.82) is 0 Å². The lowest BCUT2D eigenvalue weighted by molar-refractivity contribution is -0.120. The minimum atomic E-state index is -0.263. The minimum Gasteiger partial charge on any atom is -0.338 e. The fourth-order valence-corrected chi connectivity index (χ4v) is 3.21. The number of aromatic nitrogens is 1. The van der Waals surface area contributed by atoms with E-state index >= 15 is 0 Å². The third-order valence-corrected chi connectivity index (χ3v) is 4.56. The second kappa shape index (κ2) is 6.51. The van der Waals surface area contributed by atoms with Gasteiger partial charge >= 0.3 is 0 Å². The van der Waals surface area contributed by atoms with Crippen LogP contribution in [0, 0.1) is 6.92 Å². The molecular formula is C13H16BrN3O2S. The van der Waals surface area contributed by atoms with Crippen molar-refractivity contribution in [3.63, 3.8) is 0 Å². The van der Waals surface area contributed by atoms with Crippen LogP contribution in [0.2, 0.25) is 0 Å². The molecule has 0 saturated carbocycles. The number of thiophene rings is 1. The maximum atomic E-state index is 12.1. The predicted molar refractivity (Wildman–Crippen MR) is 82.8 cm³/mol. The Morgan fingerprint density at radius 3 is 2.90 bits per heavy atom. The number of rotatable bonds is 5. The van der Waals surface area contributed by atoms with Gasteiger partial charge in [0.1, 0.15) is 0 Å². The van der Waals surface area contributed by atoms with Crippen molar-refractivity contribution in [3.05, 3.63) is 32.6 Å². The first-order valence-corrected chi connectivity index (χ1v) is 7.75. The Hall–Kier alpha value is -1.18. The molecule has 0 saturated heterocycles. The van der Waals surface area contributed by atoms with E-state index in [9.17, 15) is 4.79 Å². The highest BCUT2D eigenvalue weighted by molar-refractivity contribution is 9.11. The standard InChI is InChI=1S/C13H16BrN3O2S/c1-8-6-12(19-16-8)15-13(18)9(2)17(3)7-10-4-5-11(14)20-10/h4-6,9H,7H2,1-3H3,(H,15,18). The Labute approximate surface area is 130 Å². The van der Waals surface area contributed by atoms with E-state index in [4.69, 9.17) is 4.52 Å². The third kappa shape index (κ3) is 3.91. The zero-order valence-corrected chi connectivity index (χ0v) is 13.9. The van der Waals surface area contributed by atoms with E-state index in [0.717, 1.165) is 16.0 Å². The summed E-state index contributed by atoms with van der Waals surface area (Å²) in [5, 5.41) is 6.46. The summed E-state index contributed by atoms with van der Waals surface area (Å²) in [7, 11) is 1.92. The molecule has 1 unspecified atom stereocenters. The van der Waals surface area contributed by atoms with Gasteiger partial charge < -0.3 is 4.52 Å². The molecule has 0 bridgehead atoms. The summed E-state index contributed by atoms with van der Waals surface area (Å²) in [6, 6.07) is 5.49. The van der Waals surface area contributed by atoms with Gasteiger partial charge in [0.25, 0.3) is 0 Å². The third-order valence-electron chi connectivity index (χ3n) is 2.95. The lowest BCUT2D eigenvalue weighted by atomic mass is 10.2. The van der Waals surface area contributed by atoms with Gasteiger partial charge in [-0.25, -0.2) is 0 Å².